The van der Waals surface area contributed by atoms with E-state index in [9.17, 15) is 34.5 Å². The number of nitrogens with zero attached hydrogens (tertiary/aromatic N) is 5. The summed E-state index contributed by atoms with van der Waals surface area (Å²) in [5.41, 5.74) is -1.37. The second-order valence-electron chi connectivity index (χ2n) is 17.7. The number of carbonyl (C=O) groups excluding carboxylic acids is 3. The third-order valence-corrected chi connectivity index (χ3v) is 13.7. The van der Waals surface area contributed by atoms with Crippen LogP contribution in [0.15, 0.2) is 127 Å². The fourth-order valence-electron chi connectivity index (χ4n) is 9.61. The summed E-state index contributed by atoms with van der Waals surface area (Å²) >= 11 is 12.3. The maximum Gasteiger partial charge on any atom is 0.417 e. The molecular weight excluding hydrogens is 975 g/mol. The summed E-state index contributed by atoms with van der Waals surface area (Å²) in [5, 5.41) is 38.0. The number of carbonyl (C=O) groups is 4. The first kappa shape index (κ1) is 46.5. The van der Waals surface area contributed by atoms with Gasteiger partial charge in [-0.3, -0.25) is 24.7 Å². The van der Waals surface area contributed by atoms with Crippen LogP contribution in [0.2, 0.25) is 10.0 Å². The second-order valence-corrected chi connectivity index (χ2v) is 18.5. The van der Waals surface area contributed by atoms with Crippen molar-refractivity contribution in [3.05, 3.63) is 182 Å². The van der Waals surface area contributed by atoms with E-state index in [1.54, 1.807) is 68.4 Å². The van der Waals surface area contributed by atoms with Crippen molar-refractivity contribution in [2.24, 2.45) is 0 Å². The standard InChI is InChI=1S/C51H39Cl2FN8O10/c1-49(2)70-25-39(72-49)44(71-47(65)59-45-55-34-19-16-27(22-36(34)56-45)50(68)31-14-8-6-12-29(31)42(63)60(50)24-26-10-4-3-5-11-26)61(48(66)67)46-57-35-20-17-28(23-37(35)58-46)51(69)32-15-9-7-13-30(32)43(64)62(51)38-21-18-33(52)40(53)41(38)54/h3-23,39,44,68-69H,24-25H2,1-2H3,(H,57,58)(H,66,67)(H2,55,56,59,65)/t39-,44?,50?,51?/m0/s1. The summed E-state index contributed by atoms with van der Waals surface area (Å²) in [6, 6.07) is 34.0. The molecule has 4 amide bonds. The van der Waals surface area contributed by atoms with Gasteiger partial charge in [-0.25, -0.2) is 28.8 Å². The number of carboxylic acid groups (broad SMARTS) is 1. The number of benzene rings is 6. The van der Waals surface area contributed by atoms with E-state index in [0.717, 1.165) is 10.5 Å². The van der Waals surface area contributed by atoms with Crippen molar-refractivity contribution in [1.29, 1.82) is 0 Å². The van der Waals surface area contributed by atoms with Crippen molar-refractivity contribution in [2.45, 2.75) is 50.0 Å². The molecule has 6 aromatic carbocycles. The molecule has 2 aromatic heterocycles. The van der Waals surface area contributed by atoms with Crippen molar-refractivity contribution in [3.8, 4) is 0 Å². The number of imidazole rings is 2. The molecule has 3 aliphatic heterocycles. The van der Waals surface area contributed by atoms with Gasteiger partial charge < -0.3 is 39.5 Å². The number of aromatic amines is 2. The minimum Gasteiger partial charge on any atom is -0.465 e. The first-order valence-corrected chi connectivity index (χ1v) is 23.0. The number of rotatable bonds is 10. The molecule has 18 nitrogen and oxygen atoms in total. The lowest BCUT2D eigenvalue weighted by molar-refractivity contribution is -0.150. The van der Waals surface area contributed by atoms with Crippen LogP contribution in [0.5, 0.6) is 0 Å². The van der Waals surface area contributed by atoms with Crippen LogP contribution in [0.3, 0.4) is 0 Å². The molecule has 21 heteroatoms. The summed E-state index contributed by atoms with van der Waals surface area (Å²) in [6.07, 6.45) is -5.77. The number of fused-ring (bicyclic) bond motifs is 4. The molecule has 0 spiro atoms. The predicted molar refractivity (Wildman–Crippen MR) is 260 cm³/mol. The molecule has 0 radical (unpaired) electrons. The van der Waals surface area contributed by atoms with Crippen molar-refractivity contribution < 1.29 is 53.1 Å². The molecule has 364 valence electrons. The minimum absolute atomic E-state index is 0.0514. The highest BCUT2D eigenvalue weighted by Crippen LogP contribution is 2.48. The average molecular weight is 1010 g/mol. The van der Waals surface area contributed by atoms with Gasteiger partial charge in [-0.2, -0.15) is 0 Å². The third kappa shape index (κ3) is 7.47. The fourth-order valence-corrected chi connectivity index (χ4v) is 9.92. The lowest BCUT2D eigenvalue weighted by Gasteiger charge is -2.35. The van der Waals surface area contributed by atoms with Crippen molar-refractivity contribution in [3.63, 3.8) is 0 Å². The Kier molecular flexibility index (Phi) is 11.1. The Hall–Kier alpha value is -7.91. The molecule has 72 heavy (non-hydrogen) atoms. The van der Waals surface area contributed by atoms with Gasteiger partial charge in [0.05, 0.1) is 44.4 Å². The molecule has 0 aliphatic carbocycles. The maximum atomic E-state index is 15.8. The summed E-state index contributed by atoms with van der Waals surface area (Å²) in [7, 11) is 0. The van der Waals surface area contributed by atoms with Gasteiger partial charge >= 0.3 is 12.2 Å². The van der Waals surface area contributed by atoms with E-state index in [1.165, 1.54) is 47.4 Å². The summed E-state index contributed by atoms with van der Waals surface area (Å²) in [4.78, 5) is 72.8. The molecule has 8 aromatic rings. The fraction of sp³-hybridized carbons (Fsp3) is 0.176. The molecule has 0 saturated carbocycles. The number of amides is 4. The molecule has 6 N–H and O–H groups in total. The highest BCUT2D eigenvalue weighted by molar-refractivity contribution is 6.42. The average Bonchev–Trinajstić information content (AvgIpc) is 4.17. The summed E-state index contributed by atoms with van der Waals surface area (Å²) in [6.45, 7) is 3.08. The number of hydrogen-bond acceptors (Lipinski definition) is 11. The van der Waals surface area contributed by atoms with Gasteiger partial charge in [0.25, 0.3) is 11.8 Å². The number of nitrogens with one attached hydrogen (secondary N) is 3. The maximum absolute atomic E-state index is 15.8. The van der Waals surface area contributed by atoms with E-state index >= 15 is 4.39 Å². The molecule has 4 atom stereocenters. The van der Waals surface area contributed by atoms with Crippen LogP contribution in [0.1, 0.15) is 62.4 Å². The highest BCUT2D eigenvalue weighted by Gasteiger charge is 2.53. The number of hydrogen-bond donors (Lipinski definition) is 6. The number of aliphatic hydroxyl groups is 2. The lowest BCUT2D eigenvalue weighted by Crippen LogP contribution is -2.51. The van der Waals surface area contributed by atoms with E-state index in [4.69, 9.17) is 37.4 Å². The smallest absolute Gasteiger partial charge is 0.417 e. The normalized spacial score (nSPS) is 20.5. The monoisotopic (exact) mass is 1010 g/mol. The molecule has 11 rings (SSSR count). The topological polar surface area (TPSA) is 236 Å². The molecule has 5 heterocycles. The van der Waals surface area contributed by atoms with E-state index in [2.05, 4.69) is 25.3 Å². The largest absolute Gasteiger partial charge is 0.465 e. The minimum atomic E-state index is -2.33. The van der Waals surface area contributed by atoms with Crippen LogP contribution < -0.4 is 15.1 Å². The Morgan fingerprint density at radius 1 is 0.833 bits per heavy atom. The number of anilines is 3. The van der Waals surface area contributed by atoms with Crippen LogP contribution in [-0.4, -0.2) is 88.9 Å². The molecule has 0 bridgehead atoms. The number of halogens is 3. The highest BCUT2D eigenvalue weighted by atomic mass is 35.5. The van der Waals surface area contributed by atoms with Crippen molar-refractivity contribution >= 4 is 86.9 Å². The van der Waals surface area contributed by atoms with E-state index < -0.39 is 58.5 Å². The van der Waals surface area contributed by atoms with Crippen LogP contribution in [-0.2, 0) is 32.2 Å². The van der Waals surface area contributed by atoms with Crippen LogP contribution in [0.25, 0.3) is 22.1 Å². The Morgan fingerprint density at radius 2 is 1.44 bits per heavy atom. The zero-order valence-electron chi connectivity index (χ0n) is 37.8. The zero-order valence-corrected chi connectivity index (χ0v) is 39.3. The predicted octanol–water partition coefficient (Wildman–Crippen LogP) is 8.80. The van der Waals surface area contributed by atoms with E-state index in [0.29, 0.717) is 32.6 Å². The molecule has 3 unspecified atom stereocenters. The van der Waals surface area contributed by atoms with Gasteiger partial charge in [0.2, 0.25) is 18.1 Å². The first-order chi connectivity index (χ1) is 34.5. The number of ether oxygens (including phenoxy) is 3. The van der Waals surface area contributed by atoms with Crippen LogP contribution in [0, 0.1) is 5.82 Å². The molecule has 3 aliphatic rings. The Balaban J connectivity index is 0.903. The van der Waals surface area contributed by atoms with Gasteiger partial charge in [0, 0.05) is 39.9 Å². The lowest BCUT2D eigenvalue weighted by atomic mass is 9.93. The van der Waals surface area contributed by atoms with Gasteiger partial charge in [0.15, 0.2) is 23.1 Å². The van der Waals surface area contributed by atoms with Gasteiger partial charge in [-0.1, -0.05) is 102 Å². The van der Waals surface area contributed by atoms with Crippen molar-refractivity contribution in [1.82, 2.24) is 24.8 Å². The zero-order chi connectivity index (χ0) is 50.4. The molecular formula is C51H39Cl2FN8O10. The van der Waals surface area contributed by atoms with Crippen LogP contribution >= 0.6 is 23.2 Å². The Morgan fingerprint density at radius 3 is 2.11 bits per heavy atom. The summed E-state index contributed by atoms with van der Waals surface area (Å²) in [5.74, 6) is -3.82. The van der Waals surface area contributed by atoms with Gasteiger partial charge in [-0.15, -0.1) is 0 Å². The Labute approximate surface area is 417 Å². The molecule has 1 fully saturated rings. The first-order valence-electron chi connectivity index (χ1n) is 22.3. The third-order valence-electron chi connectivity index (χ3n) is 12.9. The van der Waals surface area contributed by atoms with Gasteiger partial charge in [-0.05, 0) is 67.9 Å². The number of H-pyrrole nitrogens is 2. The quantitative estimate of drug-likeness (QED) is 0.0557. The number of aromatic nitrogens is 4. The SMILES string of the molecule is CC1(C)OC[C@@H](C(OC(=O)Nc2nc3ccc(C4(O)c5ccccc5C(=O)N4Cc4ccccc4)cc3[nH]2)N(C(=O)O)c2nc3ccc(C4(O)c5ccccc5C(=O)N4c4ccc(Cl)c(Cl)c4F)cc3[nH]2)O1. The Bertz CT molecular complexity index is 3560. The van der Waals surface area contributed by atoms with E-state index in [-0.39, 0.29) is 69.4 Å². The summed E-state index contributed by atoms with van der Waals surface area (Å²) < 4.78 is 33.5. The van der Waals surface area contributed by atoms with Crippen molar-refractivity contribution in [2.75, 3.05) is 21.7 Å². The molecule has 1 saturated heterocycles. The van der Waals surface area contributed by atoms with E-state index in [1.807, 2.05) is 30.3 Å². The van der Waals surface area contributed by atoms with Crippen LogP contribution in [0.4, 0.5) is 31.6 Å². The second kappa shape index (κ2) is 17.1. The van der Waals surface area contributed by atoms with Gasteiger partial charge in [0.1, 0.15) is 6.10 Å².